The van der Waals surface area contributed by atoms with E-state index in [-0.39, 0.29) is 17.7 Å². The molecule has 8 heteroatoms. The maximum absolute atomic E-state index is 12.1. The number of hydrogen-bond acceptors (Lipinski definition) is 6. The van der Waals surface area contributed by atoms with E-state index in [0.29, 0.717) is 5.92 Å². The molecule has 26 heavy (non-hydrogen) atoms. The Bertz CT molecular complexity index is 821. The van der Waals surface area contributed by atoms with Gasteiger partial charge in [0.15, 0.2) is 0 Å². The van der Waals surface area contributed by atoms with E-state index >= 15 is 0 Å². The third-order valence-electron chi connectivity index (χ3n) is 4.64. The lowest BCUT2D eigenvalue weighted by molar-refractivity contribution is -0.117. The molecule has 0 bridgehead atoms. The highest BCUT2D eigenvalue weighted by Gasteiger charge is 2.23. The van der Waals surface area contributed by atoms with Gasteiger partial charge < -0.3 is 5.32 Å². The molecule has 2 aromatic rings. The number of aryl methyl sites for hydroxylation is 1. The Balaban J connectivity index is 1.68. The van der Waals surface area contributed by atoms with Crippen LogP contribution >= 0.6 is 23.1 Å². The van der Waals surface area contributed by atoms with Crippen molar-refractivity contribution in [2.45, 2.75) is 57.5 Å². The molecule has 0 fully saturated rings. The van der Waals surface area contributed by atoms with Crippen molar-refractivity contribution in [1.82, 2.24) is 20.6 Å². The van der Waals surface area contributed by atoms with Gasteiger partial charge in [-0.05, 0) is 44.1 Å². The van der Waals surface area contributed by atoms with Crippen molar-refractivity contribution in [3.8, 4) is 0 Å². The second kappa shape index (κ2) is 8.35. The minimum atomic E-state index is -0.445. The minimum absolute atomic E-state index is 0.0386. The van der Waals surface area contributed by atoms with Crippen molar-refractivity contribution in [3.63, 3.8) is 0 Å². The van der Waals surface area contributed by atoms with Crippen LogP contribution in [0.1, 0.15) is 44.1 Å². The number of thiophene rings is 1. The largest absolute Gasteiger partial charge is 0.335 e. The second-order valence-corrected chi connectivity index (χ2v) is 8.88. The summed E-state index contributed by atoms with van der Waals surface area (Å²) in [5, 5.41) is 7.03. The van der Waals surface area contributed by atoms with E-state index in [2.05, 4.69) is 27.5 Å². The molecule has 0 aliphatic heterocycles. The van der Waals surface area contributed by atoms with Crippen LogP contribution in [0.2, 0.25) is 0 Å². The van der Waals surface area contributed by atoms with E-state index in [1.54, 1.807) is 17.7 Å². The fraction of sp³-hybridized carbons (Fsp3) is 0.556. The number of carbonyl (C=O) groups is 2. The summed E-state index contributed by atoms with van der Waals surface area (Å²) in [4.78, 5) is 35.0. The normalized spacial score (nSPS) is 17.6. The Morgan fingerprint density at radius 1 is 1.42 bits per heavy atom. The summed E-state index contributed by atoms with van der Waals surface area (Å²) in [6.07, 6.45) is 5.69. The molecule has 2 atom stereocenters. The van der Waals surface area contributed by atoms with Crippen molar-refractivity contribution < 1.29 is 9.59 Å². The quantitative estimate of drug-likeness (QED) is 0.601. The Morgan fingerprint density at radius 3 is 3.00 bits per heavy atom. The first-order valence-corrected chi connectivity index (χ1v) is 10.8. The van der Waals surface area contributed by atoms with Gasteiger partial charge >= 0.3 is 6.03 Å². The van der Waals surface area contributed by atoms with Crippen LogP contribution in [0, 0.1) is 5.92 Å². The van der Waals surface area contributed by atoms with Crippen LogP contribution in [0.3, 0.4) is 0 Å². The number of urea groups is 1. The third kappa shape index (κ3) is 4.35. The lowest BCUT2D eigenvalue weighted by Crippen LogP contribution is -2.43. The van der Waals surface area contributed by atoms with Gasteiger partial charge in [-0.3, -0.25) is 10.1 Å². The predicted octanol–water partition coefficient (Wildman–Crippen LogP) is 3.53. The van der Waals surface area contributed by atoms with Gasteiger partial charge in [0, 0.05) is 16.3 Å². The molecule has 140 valence electrons. The average molecular weight is 393 g/mol. The summed E-state index contributed by atoms with van der Waals surface area (Å²) in [6.45, 7) is 6.16. The summed E-state index contributed by atoms with van der Waals surface area (Å²) in [6, 6.07) is -0.406. The van der Waals surface area contributed by atoms with Crippen molar-refractivity contribution >= 4 is 45.3 Å². The van der Waals surface area contributed by atoms with Crippen molar-refractivity contribution in [3.05, 3.63) is 16.8 Å². The summed E-state index contributed by atoms with van der Waals surface area (Å²) in [5.41, 5.74) is 1.35. The average Bonchev–Trinajstić information content (AvgIpc) is 2.97. The van der Waals surface area contributed by atoms with Gasteiger partial charge in [-0.25, -0.2) is 14.8 Å². The number of nitrogens with zero attached hydrogens (tertiary/aromatic N) is 2. The zero-order chi connectivity index (χ0) is 18.7. The van der Waals surface area contributed by atoms with E-state index in [1.807, 2.05) is 13.8 Å². The molecule has 2 N–H and O–H groups in total. The highest BCUT2D eigenvalue weighted by molar-refractivity contribution is 8.00. The monoisotopic (exact) mass is 392 g/mol. The molecule has 0 saturated carbocycles. The second-order valence-electron chi connectivity index (χ2n) is 6.83. The number of rotatable bonds is 5. The number of amides is 3. The van der Waals surface area contributed by atoms with E-state index < -0.39 is 6.03 Å². The van der Waals surface area contributed by atoms with Crippen molar-refractivity contribution in [1.29, 1.82) is 0 Å². The molecule has 0 saturated heterocycles. The molecule has 0 spiro atoms. The summed E-state index contributed by atoms with van der Waals surface area (Å²) < 4.78 is 0. The molecule has 0 aromatic carbocycles. The van der Waals surface area contributed by atoms with E-state index in [9.17, 15) is 9.59 Å². The number of thioether (sulfide) groups is 1. The number of nitrogens with one attached hydrogen (secondary N) is 2. The molecule has 6 nitrogen and oxygen atoms in total. The maximum Gasteiger partial charge on any atom is 0.321 e. The molecule has 0 unspecified atom stereocenters. The van der Waals surface area contributed by atoms with Gasteiger partial charge in [-0.1, -0.05) is 25.6 Å². The number of carbonyl (C=O) groups excluding carboxylic acids is 2. The molecular formula is C18H24N4O2S2. The first-order valence-electron chi connectivity index (χ1n) is 8.96. The highest BCUT2D eigenvalue weighted by Crippen LogP contribution is 2.40. The van der Waals surface area contributed by atoms with Crippen LogP contribution in [0.25, 0.3) is 10.2 Å². The van der Waals surface area contributed by atoms with Gasteiger partial charge in [0.25, 0.3) is 0 Å². The fourth-order valence-electron chi connectivity index (χ4n) is 3.01. The summed E-state index contributed by atoms with van der Waals surface area (Å²) in [5.74, 6) is 0.538. The van der Waals surface area contributed by atoms with Gasteiger partial charge in [0.1, 0.15) is 16.2 Å². The summed E-state index contributed by atoms with van der Waals surface area (Å²) in [7, 11) is 0. The van der Waals surface area contributed by atoms with Gasteiger partial charge in [0.05, 0.1) is 5.75 Å². The molecule has 3 rings (SSSR count). The Kier molecular flexibility index (Phi) is 6.13. The first-order chi connectivity index (χ1) is 12.5. The Hall–Kier alpha value is -1.67. The fourth-order valence-corrected chi connectivity index (χ4v) is 5.25. The zero-order valence-electron chi connectivity index (χ0n) is 15.3. The Labute approximate surface area is 161 Å². The zero-order valence-corrected chi connectivity index (χ0v) is 16.9. The molecule has 2 aromatic heterocycles. The van der Waals surface area contributed by atoms with E-state index in [4.69, 9.17) is 0 Å². The highest BCUT2D eigenvalue weighted by atomic mass is 32.2. The van der Waals surface area contributed by atoms with Gasteiger partial charge in [0.2, 0.25) is 5.91 Å². The lowest BCUT2D eigenvalue weighted by atomic mass is 9.89. The number of imide groups is 1. The van der Waals surface area contributed by atoms with Crippen LogP contribution in [-0.2, 0) is 17.6 Å². The first kappa shape index (κ1) is 19.1. The van der Waals surface area contributed by atoms with E-state index in [0.717, 1.165) is 34.5 Å². The molecule has 2 heterocycles. The van der Waals surface area contributed by atoms with E-state index in [1.165, 1.54) is 28.6 Å². The molecule has 1 aliphatic carbocycles. The number of fused-ring (bicyclic) bond motifs is 3. The molecule has 3 amide bonds. The van der Waals surface area contributed by atoms with Gasteiger partial charge in [-0.2, -0.15) is 0 Å². The molecule has 0 radical (unpaired) electrons. The van der Waals surface area contributed by atoms with Crippen molar-refractivity contribution in [2.24, 2.45) is 5.92 Å². The van der Waals surface area contributed by atoms with Crippen molar-refractivity contribution in [2.75, 3.05) is 5.75 Å². The third-order valence-corrected chi connectivity index (χ3v) is 6.79. The number of hydrogen-bond donors (Lipinski definition) is 2. The molecular weight excluding hydrogens is 368 g/mol. The van der Waals surface area contributed by atoms with Crippen LogP contribution in [0.15, 0.2) is 11.4 Å². The topological polar surface area (TPSA) is 84.0 Å². The smallest absolute Gasteiger partial charge is 0.321 e. The lowest BCUT2D eigenvalue weighted by Gasteiger charge is -2.18. The van der Waals surface area contributed by atoms with Crippen LogP contribution in [0.5, 0.6) is 0 Å². The standard InChI is InChI=1S/C18H24N4O2S2/c1-4-11(3)21-18(24)22-14(23)8-25-16-15-12-6-5-10(2)7-13(12)26-17(15)20-9-19-16/h9-11H,4-8H2,1-3H3,(H2,21,22,23,24)/t10-,11-/m0/s1. The Morgan fingerprint density at radius 2 is 2.23 bits per heavy atom. The summed E-state index contributed by atoms with van der Waals surface area (Å²) >= 11 is 3.11. The van der Waals surface area contributed by atoms with Crippen LogP contribution in [0.4, 0.5) is 4.79 Å². The van der Waals surface area contributed by atoms with Gasteiger partial charge in [-0.15, -0.1) is 11.3 Å². The minimum Gasteiger partial charge on any atom is -0.335 e. The van der Waals surface area contributed by atoms with Crippen LogP contribution < -0.4 is 10.6 Å². The van der Waals surface area contributed by atoms with Crippen LogP contribution in [-0.4, -0.2) is 33.7 Å². The number of aromatic nitrogens is 2. The SMILES string of the molecule is CC[C@H](C)NC(=O)NC(=O)CSc1ncnc2sc3c(c12)CC[C@H](C)C3. The predicted molar refractivity (Wildman–Crippen MR) is 106 cm³/mol. The molecule has 1 aliphatic rings. The maximum atomic E-state index is 12.1.